The second-order valence-electron chi connectivity index (χ2n) is 13.9. The molecule has 0 atom stereocenters. The Bertz CT molecular complexity index is 553. The first-order chi connectivity index (χ1) is 15.3. The van der Waals surface area contributed by atoms with Crippen molar-refractivity contribution >= 4 is 11.9 Å². The van der Waals surface area contributed by atoms with Crippen LogP contribution in [-0.2, 0) is 19.1 Å². The van der Waals surface area contributed by atoms with Crippen molar-refractivity contribution in [1.29, 1.82) is 0 Å². The molecule has 0 aliphatic carbocycles. The number of hydrogen-bond donors (Lipinski definition) is 1. The largest absolute Gasteiger partial charge is 0.465 e. The van der Waals surface area contributed by atoms with Crippen LogP contribution in [0.25, 0.3) is 0 Å². The van der Waals surface area contributed by atoms with Crippen LogP contribution in [0.1, 0.15) is 101 Å². The lowest BCUT2D eigenvalue weighted by Crippen LogP contribution is -2.33. The molecule has 0 rings (SSSR count). The molecule has 6 heteroatoms. The molecule has 0 saturated heterocycles. The lowest BCUT2D eigenvalue weighted by Gasteiger charge is -2.32. The maximum absolute atomic E-state index is 12.4. The molecule has 0 aromatic rings. The molecular formula is C28H56N2O4. The Balaban J connectivity index is 4.59. The first-order valence-corrected chi connectivity index (χ1v) is 13.0. The highest BCUT2D eigenvalue weighted by Crippen LogP contribution is 2.34. The van der Waals surface area contributed by atoms with Crippen molar-refractivity contribution in [2.75, 3.05) is 46.4 Å². The molecule has 0 spiro atoms. The maximum atomic E-state index is 12.4. The lowest BCUT2D eigenvalue weighted by molar-refractivity contribution is -0.147. The van der Waals surface area contributed by atoms with Crippen molar-refractivity contribution in [2.24, 2.45) is 21.7 Å². The number of carbonyl (C=O) groups is 2. The SMILES string of the molecule is CNCCCN(CCC(=O)OCC(C)(C)CC(C)(C)C)CCC(=O)OCC(C)(C)CC(C)(C)C. The highest BCUT2D eigenvalue weighted by molar-refractivity contribution is 5.70. The highest BCUT2D eigenvalue weighted by Gasteiger charge is 2.28. The predicted octanol–water partition coefficient (Wildman–Crippen LogP) is 5.69. The van der Waals surface area contributed by atoms with Crippen molar-refractivity contribution in [3.63, 3.8) is 0 Å². The van der Waals surface area contributed by atoms with E-state index in [9.17, 15) is 9.59 Å². The summed E-state index contributed by atoms with van der Waals surface area (Å²) >= 11 is 0. The fraction of sp³-hybridized carbons (Fsp3) is 0.929. The minimum Gasteiger partial charge on any atom is -0.465 e. The number of rotatable bonds is 16. The monoisotopic (exact) mass is 484 g/mol. The van der Waals surface area contributed by atoms with Crippen LogP contribution in [0.2, 0.25) is 0 Å². The van der Waals surface area contributed by atoms with Crippen molar-refractivity contribution in [2.45, 2.75) is 101 Å². The average molecular weight is 485 g/mol. The number of esters is 2. The van der Waals surface area contributed by atoms with E-state index in [1.807, 2.05) is 7.05 Å². The third-order valence-corrected chi connectivity index (χ3v) is 5.43. The summed E-state index contributed by atoms with van der Waals surface area (Å²) in [6.07, 6.45) is 3.59. The molecular weight excluding hydrogens is 428 g/mol. The Labute approximate surface area is 210 Å². The van der Waals surface area contributed by atoms with E-state index in [4.69, 9.17) is 9.47 Å². The summed E-state index contributed by atoms with van der Waals surface area (Å²) in [6.45, 7) is 25.6. The summed E-state index contributed by atoms with van der Waals surface area (Å²) < 4.78 is 11.2. The van der Waals surface area contributed by atoms with Crippen molar-refractivity contribution in [3.05, 3.63) is 0 Å². The topological polar surface area (TPSA) is 67.9 Å². The van der Waals surface area contributed by atoms with E-state index >= 15 is 0 Å². The molecule has 0 fully saturated rings. The maximum Gasteiger partial charge on any atom is 0.307 e. The van der Waals surface area contributed by atoms with Gasteiger partial charge in [0.05, 0.1) is 26.1 Å². The van der Waals surface area contributed by atoms with E-state index in [-0.39, 0.29) is 33.6 Å². The fourth-order valence-electron chi connectivity index (χ4n) is 4.98. The van der Waals surface area contributed by atoms with Gasteiger partial charge in [-0.25, -0.2) is 0 Å². The zero-order valence-electron chi connectivity index (χ0n) is 24.4. The molecule has 0 unspecified atom stereocenters. The van der Waals surface area contributed by atoms with Gasteiger partial charge in [-0.15, -0.1) is 0 Å². The second kappa shape index (κ2) is 14.4. The third kappa shape index (κ3) is 19.2. The van der Waals surface area contributed by atoms with Crippen LogP contribution in [-0.4, -0.2) is 63.3 Å². The molecule has 1 N–H and O–H groups in total. The molecule has 0 heterocycles. The molecule has 6 nitrogen and oxygen atoms in total. The van der Waals surface area contributed by atoms with E-state index < -0.39 is 0 Å². The van der Waals surface area contributed by atoms with E-state index in [0.717, 1.165) is 32.4 Å². The average Bonchev–Trinajstić information content (AvgIpc) is 2.63. The first-order valence-electron chi connectivity index (χ1n) is 13.0. The number of nitrogens with one attached hydrogen (secondary N) is 1. The summed E-state index contributed by atoms with van der Waals surface area (Å²) in [4.78, 5) is 27.0. The minimum atomic E-state index is -0.174. The minimum absolute atomic E-state index is 0.0507. The second-order valence-corrected chi connectivity index (χ2v) is 13.9. The molecule has 0 saturated carbocycles. The molecule has 0 amide bonds. The van der Waals surface area contributed by atoms with Crippen LogP contribution < -0.4 is 5.32 Å². The van der Waals surface area contributed by atoms with Crippen LogP contribution in [0.15, 0.2) is 0 Å². The van der Waals surface area contributed by atoms with Gasteiger partial charge in [0.1, 0.15) is 0 Å². The van der Waals surface area contributed by atoms with Gasteiger partial charge in [0.2, 0.25) is 0 Å². The van der Waals surface area contributed by atoms with Crippen molar-refractivity contribution < 1.29 is 19.1 Å². The van der Waals surface area contributed by atoms with Crippen LogP contribution in [0, 0.1) is 21.7 Å². The summed E-state index contributed by atoms with van der Waals surface area (Å²) in [5.41, 5.74) is 0.281. The number of carbonyl (C=O) groups excluding carboxylic acids is 2. The summed E-state index contributed by atoms with van der Waals surface area (Å²) in [5.74, 6) is -0.348. The molecule has 0 aromatic heterocycles. The standard InChI is InChI=1S/C28H56N2O4/c1-25(2,3)19-27(7,8)21-33-23(31)13-17-30(16-12-15-29-11)18-14-24(32)34-22-28(9,10)20-26(4,5)6/h29H,12-22H2,1-11H3. The summed E-state index contributed by atoms with van der Waals surface area (Å²) in [7, 11) is 1.93. The van der Waals surface area contributed by atoms with Gasteiger partial charge in [0, 0.05) is 13.1 Å². The Kier molecular flexibility index (Phi) is 13.9. The van der Waals surface area contributed by atoms with Crippen LogP contribution in [0.3, 0.4) is 0 Å². The van der Waals surface area contributed by atoms with Gasteiger partial charge in [0.25, 0.3) is 0 Å². The predicted molar refractivity (Wildman–Crippen MR) is 142 cm³/mol. The Morgan fingerprint density at radius 1 is 0.676 bits per heavy atom. The summed E-state index contributed by atoms with van der Waals surface area (Å²) in [5, 5.41) is 3.15. The summed E-state index contributed by atoms with van der Waals surface area (Å²) in [6, 6.07) is 0. The molecule has 0 aromatic carbocycles. The zero-order valence-corrected chi connectivity index (χ0v) is 24.4. The molecule has 34 heavy (non-hydrogen) atoms. The van der Waals surface area contributed by atoms with Gasteiger partial charge in [-0.2, -0.15) is 0 Å². The van der Waals surface area contributed by atoms with Gasteiger partial charge in [-0.05, 0) is 61.1 Å². The molecule has 0 radical (unpaired) electrons. The molecule has 0 aliphatic heterocycles. The highest BCUT2D eigenvalue weighted by atomic mass is 16.5. The number of nitrogens with zero attached hydrogens (tertiary/aromatic N) is 1. The molecule has 202 valence electrons. The van der Waals surface area contributed by atoms with Gasteiger partial charge in [-0.1, -0.05) is 69.2 Å². The van der Waals surface area contributed by atoms with Crippen LogP contribution >= 0.6 is 0 Å². The van der Waals surface area contributed by atoms with Gasteiger partial charge < -0.3 is 19.7 Å². The molecule has 0 bridgehead atoms. The Morgan fingerprint density at radius 3 is 1.38 bits per heavy atom. The van der Waals surface area contributed by atoms with Crippen molar-refractivity contribution in [3.8, 4) is 0 Å². The normalized spacial score (nSPS) is 13.3. The molecule has 0 aliphatic rings. The first kappa shape index (κ1) is 32.9. The van der Waals surface area contributed by atoms with Crippen molar-refractivity contribution in [1.82, 2.24) is 10.2 Å². The Hall–Kier alpha value is -1.14. The lowest BCUT2D eigenvalue weighted by atomic mass is 9.77. The quantitative estimate of drug-likeness (QED) is 0.224. The fourth-order valence-corrected chi connectivity index (χ4v) is 4.98. The smallest absolute Gasteiger partial charge is 0.307 e. The van der Waals surface area contributed by atoms with Gasteiger partial charge in [0.15, 0.2) is 0 Å². The van der Waals surface area contributed by atoms with E-state index in [0.29, 0.717) is 39.1 Å². The third-order valence-electron chi connectivity index (χ3n) is 5.43. The van der Waals surface area contributed by atoms with E-state index in [2.05, 4.69) is 79.5 Å². The van der Waals surface area contributed by atoms with Gasteiger partial charge in [-0.3, -0.25) is 9.59 Å². The zero-order chi connectivity index (χ0) is 26.6. The van der Waals surface area contributed by atoms with Crippen LogP contribution in [0.4, 0.5) is 0 Å². The number of hydrogen-bond acceptors (Lipinski definition) is 6. The number of ether oxygens (including phenoxy) is 2. The van der Waals surface area contributed by atoms with Gasteiger partial charge >= 0.3 is 11.9 Å². The van der Waals surface area contributed by atoms with E-state index in [1.165, 1.54) is 0 Å². The van der Waals surface area contributed by atoms with Crippen LogP contribution in [0.5, 0.6) is 0 Å². The Morgan fingerprint density at radius 2 is 1.06 bits per heavy atom. The van der Waals surface area contributed by atoms with E-state index in [1.54, 1.807) is 0 Å².